The molecule has 0 aromatic rings. The number of hydrogen-bond acceptors (Lipinski definition) is 0. The monoisotopic (exact) mass is 135 g/mol. The summed E-state index contributed by atoms with van der Waals surface area (Å²) >= 11 is 0. The number of hydrogen-bond donors (Lipinski definition) is 0. The molecule has 2 nitrogen and oxygen atoms in total. The zero-order chi connectivity index (χ0) is 0. The molecule has 0 heterocycles. The third-order valence-electron chi connectivity index (χ3n) is 0. The Morgan fingerprint density at radius 1 is 0.667 bits per heavy atom. The smallest absolute Gasteiger partial charge is 2.00 e. The van der Waals surface area contributed by atoms with Crippen LogP contribution in [0.3, 0.4) is 0 Å². The van der Waals surface area contributed by atoms with Crippen molar-refractivity contribution in [3.63, 3.8) is 0 Å². The molecule has 6 heteroatoms. The fourth-order valence-electron chi connectivity index (χ4n) is 0. The van der Waals surface area contributed by atoms with Crippen molar-refractivity contribution in [2.75, 3.05) is 0 Å². The van der Waals surface area contributed by atoms with Crippen LogP contribution < -0.4 is 37.7 Å². The van der Waals surface area contributed by atoms with Gasteiger partial charge in [0.15, 0.2) is 17.4 Å². The van der Waals surface area contributed by atoms with Gasteiger partial charge in [-0.3, -0.25) is 0 Å². The maximum absolute atomic E-state index is 0. The molecule has 1 radical (unpaired) electrons. The van der Waals surface area contributed by atoms with Crippen LogP contribution in [0.5, 0.6) is 0 Å². The van der Waals surface area contributed by atoms with Crippen molar-refractivity contribution in [2.45, 2.75) is 0 Å². The average molecular weight is 135 g/mol. The van der Waals surface area contributed by atoms with Crippen molar-refractivity contribution in [3.05, 3.63) is 0 Å². The molecule has 0 spiro atoms. The quantitative estimate of drug-likeness (QED) is 0.296. The van der Waals surface area contributed by atoms with E-state index in [0.717, 1.165) is 0 Å². The van der Waals surface area contributed by atoms with E-state index in [4.69, 9.17) is 0 Å². The summed E-state index contributed by atoms with van der Waals surface area (Å²) in [6.45, 7) is 0. The summed E-state index contributed by atoms with van der Waals surface area (Å²) in [6, 6.07) is 0. The van der Waals surface area contributed by atoms with E-state index >= 15 is 0 Å². The molecule has 0 unspecified atom stereocenters. The Hall–Kier alpha value is 2.15. The van der Waals surface area contributed by atoms with Crippen molar-refractivity contribution in [1.82, 2.24) is 0 Å². The van der Waals surface area contributed by atoms with Gasteiger partial charge in [0.05, 0.1) is 0 Å². The van der Waals surface area contributed by atoms with Crippen LogP contribution in [0.1, 0.15) is 0 Å². The third kappa shape index (κ3) is 35.2. The summed E-state index contributed by atoms with van der Waals surface area (Å²) in [5, 5.41) is 0. The van der Waals surface area contributed by atoms with Crippen LogP contribution in [0, 0.1) is 0 Å². The van der Waals surface area contributed by atoms with E-state index < -0.39 is 0 Å². The van der Waals surface area contributed by atoms with Gasteiger partial charge in [0.2, 0.25) is 0 Å². The van der Waals surface area contributed by atoms with Crippen LogP contribution in [0.25, 0.3) is 0 Å². The Morgan fingerprint density at radius 3 is 0.667 bits per heavy atom. The summed E-state index contributed by atoms with van der Waals surface area (Å²) in [7, 11) is 0. The summed E-state index contributed by atoms with van der Waals surface area (Å²) in [5.41, 5.74) is 0. The van der Waals surface area contributed by atoms with Crippen molar-refractivity contribution in [2.24, 2.45) is 0 Å². The first kappa shape index (κ1) is 90.0. The van der Waals surface area contributed by atoms with Crippen LogP contribution in [-0.4, -0.2) is 17.4 Å². The molecule has 0 aromatic heterocycles. The molecule has 0 atom stereocenters. The Morgan fingerprint density at radius 2 is 0.667 bits per heavy atom. The van der Waals surface area contributed by atoms with Crippen LogP contribution >= 0.6 is 0 Å². The summed E-state index contributed by atoms with van der Waals surface area (Å²) in [6.07, 6.45) is 0. The minimum atomic E-state index is 0. The molecule has 0 amide bonds. The van der Waals surface area contributed by atoms with Crippen molar-refractivity contribution >= 4 is 17.4 Å². The molecular formula is H3AlCoLi2O2. The van der Waals surface area contributed by atoms with Crippen molar-refractivity contribution < 1.29 is 65.5 Å². The van der Waals surface area contributed by atoms with E-state index in [1.165, 1.54) is 0 Å². The largest absolute Gasteiger partial charge is 2.00 e. The Labute approximate surface area is 82.1 Å². The molecule has 6 heavy (non-hydrogen) atoms. The van der Waals surface area contributed by atoms with Gasteiger partial charge in [0.25, 0.3) is 0 Å². The van der Waals surface area contributed by atoms with Gasteiger partial charge >= 0.3 is 54.5 Å². The second-order valence-electron chi connectivity index (χ2n) is 0. The fourth-order valence-corrected chi connectivity index (χ4v) is 0. The van der Waals surface area contributed by atoms with E-state index in [0.29, 0.717) is 0 Å². The Balaban J connectivity index is 0. The predicted molar refractivity (Wildman–Crippen MR) is 11.3 cm³/mol. The number of rotatable bonds is 0. The minimum Gasteiger partial charge on any atom is -2.00 e. The molecular weight excluding hydrogens is 132 g/mol. The minimum absolute atomic E-state index is 0. The van der Waals surface area contributed by atoms with E-state index in [2.05, 4.69) is 0 Å². The first-order chi connectivity index (χ1) is 0. The van der Waals surface area contributed by atoms with Gasteiger partial charge in [0.1, 0.15) is 0 Å². The first-order valence-corrected chi connectivity index (χ1v) is 0. The van der Waals surface area contributed by atoms with Gasteiger partial charge in [0, 0.05) is 0 Å². The van der Waals surface area contributed by atoms with Crippen molar-refractivity contribution in [1.29, 1.82) is 0 Å². The van der Waals surface area contributed by atoms with Crippen LogP contribution in [-0.2, 0) is 27.7 Å². The Kier molecular flexibility index (Phi) is 876. The molecule has 0 fully saturated rings. The van der Waals surface area contributed by atoms with Gasteiger partial charge in [-0.1, -0.05) is 0 Å². The predicted octanol–water partition coefficient (Wildman–Crippen LogP) is -7.42. The fraction of sp³-hybridized carbons (Fsp3) is 0. The molecule has 0 saturated carbocycles. The molecule has 0 bridgehead atoms. The first-order valence-electron chi connectivity index (χ1n) is 0. The molecule has 0 aromatic carbocycles. The zero-order valence-corrected chi connectivity index (χ0v) is 4.19. The van der Waals surface area contributed by atoms with E-state index in [9.17, 15) is 0 Å². The summed E-state index contributed by atoms with van der Waals surface area (Å²) < 4.78 is 0. The topological polar surface area (TPSA) is 57.0 Å². The molecule has 29 valence electrons. The molecule has 0 aliphatic heterocycles. The normalized spacial score (nSPS) is 0. The van der Waals surface area contributed by atoms with E-state index in [1.54, 1.807) is 0 Å². The van der Waals surface area contributed by atoms with E-state index in [1.807, 2.05) is 0 Å². The van der Waals surface area contributed by atoms with Gasteiger partial charge in [-0.05, 0) is 0 Å². The van der Waals surface area contributed by atoms with E-state index in [-0.39, 0.29) is 82.8 Å². The van der Waals surface area contributed by atoms with Gasteiger partial charge in [-0.25, -0.2) is 0 Å². The van der Waals surface area contributed by atoms with Gasteiger partial charge in [-0.15, -0.1) is 0 Å². The van der Waals surface area contributed by atoms with Crippen LogP contribution in [0.2, 0.25) is 0 Å². The molecule has 0 rings (SSSR count). The van der Waals surface area contributed by atoms with Gasteiger partial charge < -0.3 is 11.0 Å². The third-order valence-corrected chi connectivity index (χ3v) is 0. The SMILES string of the molecule is [AlH3].[Co+2].[Li+].[Li+].[O-2].[O-2]. The molecule has 0 aliphatic rings. The maximum atomic E-state index is 0. The summed E-state index contributed by atoms with van der Waals surface area (Å²) in [4.78, 5) is 0. The average Bonchev–Trinajstić information content (AvgIpc) is 0. The molecule has 0 N–H and O–H groups in total. The molecule has 0 saturated heterocycles. The second-order valence-corrected chi connectivity index (χ2v) is 0. The summed E-state index contributed by atoms with van der Waals surface area (Å²) in [5.74, 6) is 0. The van der Waals surface area contributed by atoms with Crippen LogP contribution in [0.4, 0.5) is 0 Å². The van der Waals surface area contributed by atoms with Crippen LogP contribution in [0.15, 0.2) is 0 Å². The Bertz CT molecular complexity index is 11.5. The maximum Gasteiger partial charge on any atom is 2.00 e. The zero-order valence-electron chi connectivity index (χ0n) is 3.15. The standard InChI is InChI=1S/Al.Co.2Li.2O.3H/q;+2;2*+1;2*-2;;;. The van der Waals surface area contributed by atoms with Gasteiger partial charge in [-0.2, -0.15) is 0 Å². The van der Waals surface area contributed by atoms with Crippen molar-refractivity contribution in [3.8, 4) is 0 Å². The second kappa shape index (κ2) is 58.4. The molecule has 0 aliphatic carbocycles.